The van der Waals surface area contributed by atoms with Gasteiger partial charge in [-0.05, 0) is 42.8 Å². The third-order valence-corrected chi connectivity index (χ3v) is 4.27. The molecule has 0 unspecified atom stereocenters. The van der Waals surface area contributed by atoms with Crippen molar-refractivity contribution in [2.45, 2.75) is 22.8 Å². The van der Waals surface area contributed by atoms with E-state index in [2.05, 4.69) is 12.1 Å². The van der Waals surface area contributed by atoms with Gasteiger partial charge < -0.3 is 5.73 Å². The van der Waals surface area contributed by atoms with Crippen molar-refractivity contribution in [1.82, 2.24) is 0 Å². The molecule has 2 aromatic rings. The van der Waals surface area contributed by atoms with Crippen LogP contribution in [0.15, 0.2) is 52.3 Å². The summed E-state index contributed by atoms with van der Waals surface area (Å²) >= 11 is 13.5. The summed E-state index contributed by atoms with van der Waals surface area (Å²) in [5.41, 5.74) is 6.95. The number of rotatable bonds is 3. The van der Waals surface area contributed by atoms with Crippen molar-refractivity contribution in [3.63, 3.8) is 0 Å². The van der Waals surface area contributed by atoms with E-state index in [4.69, 9.17) is 28.9 Å². The van der Waals surface area contributed by atoms with Gasteiger partial charge in [-0.25, -0.2) is 0 Å². The van der Waals surface area contributed by atoms with Gasteiger partial charge in [-0.15, -0.1) is 0 Å². The molecule has 94 valence electrons. The van der Waals surface area contributed by atoms with Crippen LogP contribution in [0.5, 0.6) is 0 Å². The SMILES string of the molecule is C[C@@H](N)c1ccc(Sc2ccc(Cl)c(Cl)c2)cc1. The van der Waals surface area contributed by atoms with E-state index in [-0.39, 0.29) is 6.04 Å². The normalized spacial score (nSPS) is 12.4. The molecular formula is C14H13Cl2NS. The Morgan fingerprint density at radius 1 is 0.944 bits per heavy atom. The number of hydrogen-bond acceptors (Lipinski definition) is 2. The van der Waals surface area contributed by atoms with Gasteiger partial charge in [0.15, 0.2) is 0 Å². The molecule has 18 heavy (non-hydrogen) atoms. The van der Waals surface area contributed by atoms with Gasteiger partial charge in [0.05, 0.1) is 10.0 Å². The quantitative estimate of drug-likeness (QED) is 0.846. The summed E-state index contributed by atoms with van der Waals surface area (Å²) in [5, 5.41) is 1.15. The largest absolute Gasteiger partial charge is 0.324 e. The standard InChI is InChI=1S/C14H13Cl2NS/c1-9(17)10-2-4-11(5-3-10)18-12-6-7-13(15)14(16)8-12/h2-9H,17H2,1H3/t9-/m1/s1. The second-order valence-corrected chi connectivity index (χ2v) is 6.00. The van der Waals surface area contributed by atoms with E-state index in [9.17, 15) is 0 Å². The molecule has 0 saturated carbocycles. The van der Waals surface area contributed by atoms with Crippen molar-refractivity contribution >= 4 is 35.0 Å². The molecule has 2 rings (SSSR count). The van der Waals surface area contributed by atoms with Crippen LogP contribution in [-0.4, -0.2) is 0 Å². The van der Waals surface area contributed by atoms with Crippen LogP contribution < -0.4 is 5.73 Å². The first kappa shape index (κ1) is 13.8. The first-order chi connectivity index (χ1) is 8.56. The predicted octanol–water partition coefficient (Wildman–Crippen LogP) is 5.16. The van der Waals surface area contributed by atoms with Gasteiger partial charge in [0, 0.05) is 15.8 Å². The van der Waals surface area contributed by atoms with Crippen molar-refractivity contribution in [3.8, 4) is 0 Å². The molecule has 0 fully saturated rings. The molecule has 0 amide bonds. The zero-order valence-corrected chi connectivity index (χ0v) is 12.2. The summed E-state index contributed by atoms with van der Waals surface area (Å²) in [6, 6.07) is 13.9. The van der Waals surface area contributed by atoms with E-state index in [0.717, 1.165) is 15.4 Å². The average molecular weight is 298 g/mol. The van der Waals surface area contributed by atoms with Gasteiger partial charge in [0.25, 0.3) is 0 Å². The number of hydrogen-bond donors (Lipinski definition) is 1. The fourth-order valence-corrected chi connectivity index (χ4v) is 2.74. The van der Waals surface area contributed by atoms with Crippen molar-refractivity contribution < 1.29 is 0 Å². The molecule has 2 N–H and O–H groups in total. The van der Waals surface area contributed by atoms with Crippen LogP contribution in [0.25, 0.3) is 0 Å². The Bertz CT molecular complexity index is 538. The molecule has 0 aliphatic carbocycles. The smallest absolute Gasteiger partial charge is 0.0603 e. The van der Waals surface area contributed by atoms with Crippen molar-refractivity contribution in [2.24, 2.45) is 5.73 Å². The fraction of sp³-hybridized carbons (Fsp3) is 0.143. The highest BCUT2D eigenvalue weighted by molar-refractivity contribution is 7.99. The predicted molar refractivity (Wildman–Crippen MR) is 79.6 cm³/mol. The Morgan fingerprint density at radius 2 is 1.56 bits per heavy atom. The molecule has 0 spiro atoms. The molecule has 0 radical (unpaired) electrons. The Labute approximate surface area is 121 Å². The van der Waals surface area contributed by atoms with Gasteiger partial charge in [-0.2, -0.15) is 0 Å². The summed E-state index contributed by atoms with van der Waals surface area (Å²) in [4.78, 5) is 2.22. The second kappa shape index (κ2) is 5.98. The van der Waals surface area contributed by atoms with Crippen LogP contribution in [-0.2, 0) is 0 Å². The molecule has 0 aromatic heterocycles. The van der Waals surface area contributed by atoms with Crippen LogP contribution in [0.2, 0.25) is 10.0 Å². The van der Waals surface area contributed by atoms with E-state index in [0.29, 0.717) is 10.0 Å². The van der Waals surface area contributed by atoms with E-state index >= 15 is 0 Å². The van der Waals surface area contributed by atoms with Gasteiger partial charge >= 0.3 is 0 Å². The summed E-state index contributed by atoms with van der Waals surface area (Å²) in [6.45, 7) is 1.97. The monoisotopic (exact) mass is 297 g/mol. The maximum Gasteiger partial charge on any atom is 0.0603 e. The van der Waals surface area contributed by atoms with Gasteiger partial charge in [-0.1, -0.05) is 47.1 Å². The Hall–Kier alpha value is -0.670. The lowest BCUT2D eigenvalue weighted by molar-refractivity contribution is 0.817. The lowest BCUT2D eigenvalue weighted by atomic mass is 10.1. The minimum absolute atomic E-state index is 0.0639. The van der Waals surface area contributed by atoms with Gasteiger partial charge in [0.1, 0.15) is 0 Å². The van der Waals surface area contributed by atoms with Crippen LogP contribution in [0.1, 0.15) is 18.5 Å². The zero-order chi connectivity index (χ0) is 13.1. The van der Waals surface area contributed by atoms with Crippen LogP contribution >= 0.6 is 35.0 Å². The summed E-state index contributed by atoms with van der Waals surface area (Å²) in [6.07, 6.45) is 0. The van der Waals surface area contributed by atoms with E-state index in [1.807, 2.05) is 37.3 Å². The highest BCUT2D eigenvalue weighted by atomic mass is 35.5. The van der Waals surface area contributed by atoms with E-state index in [1.165, 1.54) is 0 Å². The first-order valence-corrected chi connectivity index (χ1v) is 7.12. The van der Waals surface area contributed by atoms with Crippen molar-refractivity contribution in [1.29, 1.82) is 0 Å². The Kier molecular flexibility index (Phi) is 4.57. The lowest BCUT2D eigenvalue weighted by Crippen LogP contribution is -2.04. The molecular weight excluding hydrogens is 285 g/mol. The average Bonchev–Trinajstić information content (AvgIpc) is 2.34. The Morgan fingerprint density at radius 3 is 2.11 bits per heavy atom. The van der Waals surface area contributed by atoms with Gasteiger partial charge in [0.2, 0.25) is 0 Å². The number of halogens is 2. The highest BCUT2D eigenvalue weighted by Gasteiger charge is 2.03. The minimum Gasteiger partial charge on any atom is -0.324 e. The van der Waals surface area contributed by atoms with Crippen molar-refractivity contribution in [3.05, 3.63) is 58.1 Å². The molecule has 0 saturated heterocycles. The fourth-order valence-electron chi connectivity index (χ4n) is 1.52. The van der Waals surface area contributed by atoms with Gasteiger partial charge in [-0.3, -0.25) is 0 Å². The van der Waals surface area contributed by atoms with E-state index < -0.39 is 0 Å². The molecule has 4 heteroatoms. The summed E-state index contributed by atoms with van der Waals surface area (Å²) in [7, 11) is 0. The molecule has 1 nitrogen and oxygen atoms in total. The molecule has 0 aliphatic heterocycles. The maximum atomic E-state index is 5.99. The van der Waals surface area contributed by atoms with Crippen molar-refractivity contribution in [2.75, 3.05) is 0 Å². The minimum atomic E-state index is 0.0639. The second-order valence-electron chi connectivity index (χ2n) is 4.04. The number of nitrogens with two attached hydrogens (primary N) is 1. The van der Waals surface area contributed by atoms with Crippen LogP contribution in [0, 0.1) is 0 Å². The number of benzene rings is 2. The molecule has 0 aliphatic rings. The topological polar surface area (TPSA) is 26.0 Å². The molecule has 1 atom stereocenters. The molecule has 0 heterocycles. The summed E-state index contributed by atoms with van der Waals surface area (Å²) < 4.78 is 0. The van der Waals surface area contributed by atoms with Crippen LogP contribution in [0.4, 0.5) is 0 Å². The summed E-state index contributed by atoms with van der Waals surface area (Å²) in [5.74, 6) is 0. The lowest BCUT2D eigenvalue weighted by Gasteiger charge is -2.07. The van der Waals surface area contributed by atoms with E-state index in [1.54, 1.807) is 11.8 Å². The first-order valence-electron chi connectivity index (χ1n) is 5.54. The van der Waals surface area contributed by atoms with Crippen LogP contribution in [0.3, 0.4) is 0 Å². The Balaban J connectivity index is 2.15. The third-order valence-electron chi connectivity index (χ3n) is 2.53. The third kappa shape index (κ3) is 3.42. The zero-order valence-electron chi connectivity index (χ0n) is 9.86. The molecule has 2 aromatic carbocycles. The molecule has 0 bridgehead atoms. The maximum absolute atomic E-state index is 5.99. The highest BCUT2D eigenvalue weighted by Crippen LogP contribution is 2.32.